The van der Waals surface area contributed by atoms with Gasteiger partial charge >= 0.3 is 0 Å². The van der Waals surface area contributed by atoms with Crippen LogP contribution in [0.4, 0.5) is 10.2 Å². The molecule has 0 amide bonds. The quantitative estimate of drug-likeness (QED) is 0.901. The third-order valence-electron chi connectivity index (χ3n) is 4.13. The van der Waals surface area contributed by atoms with Crippen LogP contribution < -0.4 is 10.3 Å². The van der Waals surface area contributed by atoms with E-state index in [1.54, 1.807) is 28.6 Å². The first-order valence-corrected chi connectivity index (χ1v) is 9.50. The topological polar surface area (TPSA) is 63.6 Å². The van der Waals surface area contributed by atoms with Crippen molar-refractivity contribution >= 4 is 15.8 Å². The standard InChI is InChI=1S/C17H20FN3O2S/c18-15-6-4-14(5-7-15)12-19-17-9-8-16(13-20-17)24(22,23)21-10-2-1-3-11-21/h4-9,13H,1-3,10-12H2,(H,19,20)/p+1. The van der Waals surface area contributed by atoms with Crippen molar-refractivity contribution in [2.45, 2.75) is 30.7 Å². The minimum absolute atomic E-state index is 0.266. The monoisotopic (exact) mass is 350 g/mol. The minimum Gasteiger partial charge on any atom is -0.270 e. The molecule has 1 fully saturated rings. The number of nitrogens with zero attached hydrogens (tertiary/aromatic N) is 1. The summed E-state index contributed by atoms with van der Waals surface area (Å²) < 4.78 is 39.5. The fraction of sp³-hybridized carbons (Fsp3) is 0.353. The van der Waals surface area contributed by atoms with Crippen molar-refractivity contribution < 1.29 is 17.8 Å². The van der Waals surface area contributed by atoms with Gasteiger partial charge in [-0.3, -0.25) is 5.32 Å². The van der Waals surface area contributed by atoms with Gasteiger partial charge in [-0.05, 0) is 36.6 Å². The zero-order valence-corrected chi connectivity index (χ0v) is 14.2. The summed E-state index contributed by atoms with van der Waals surface area (Å²) in [4.78, 5) is 3.25. The van der Waals surface area contributed by atoms with Crippen molar-refractivity contribution in [2.75, 3.05) is 18.4 Å². The molecule has 1 aromatic carbocycles. The van der Waals surface area contributed by atoms with Crippen LogP contribution in [0.2, 0.25) is 0 Å². The molecular formula is C17H21FN3O2S+. The summed E-state index contributed by atoms with van der Waals surface area (Å²) in [6, 6.07) is 9.55. The van der Waals surface area contributed by atoms with Gasteiger partial charge in [-0.15, -0.1) is 0 Å². The molecule has 0 unspecified atom stereocenters. The molecule has 0 atom stereocenters. The number of halogens is 1. The Kier molecular flexibility index (Phi) is 5.11. The number of hydrogen-bond acceptors (Lipinski definition) is 3. The number of aromatic nitrogens is 1. The summed E-state index contributed by atoms with van der Waals surface area (Å²) in [5, 5.41) is 3.15. The normalized spacial score (nSPS) is 16.0. The van der Waals surface area contributed by atoms with Gasteiger partial charge in [0.15, 0.2) is 0 Å². The molecule has 0 radical (unpaired) electrons. The van der Waals surface area contributed by atoms with Crippen LogP contribution in [0.3, 0.4) is 0 Å². The molecule has 3 rings (SSSR count). The molecule has 2 N–H and O–H groups in total. The van der Waals surface area contributed by atoms with E-state index in [2.05, 4.69) is 10.3 Å². The average Bonchev–Trinajstić information content (AvgIpc) is 2.62. The maximum absolute atomic E-state index is 12.9. The molecule has 1 aliphatic rings. The van der Waals surface area contributed by atoms with E-state index in [1.807, 2.05) is 0 Å². The summed E-state index contributed by atoms with van der Waals surface area (Å²) in [6.07, 6.45) is 4.43. The lowest BCUT2D eigenvalue weighted by atomic mass is 10.2. The average molecular weight is 350 g/mol. The van der Waals surface area contributed by atoms with Gasteiger partial charge in [0.1, 0.15) is 23.5 Å². The first kappa shape index (κ1) is 16.9. The third-order valence-corrected chi connectivity index (χ3v) is 6.03. The predicted molar refractivity (Wildman–Crippen MR) is 89.3 cm³/mol. The second kappa shape index (κ2) is 7.27. The third kappa shape index (κ3) is 3.91. The van der Waals surface area contributed by atoms with Crippen LogP contribution in [0.1, 0.15) is 24.8 Å². The van der Waals surface area contributed by atoms with E-state index in [-0.39, 0.29) is 10.7 Å². The molecule has 1 aliphatic heterocycles. The van der Waals surface area contributed by atoms with Crippen LogP contribution in [0.15, 0.2) is 47.5 Å². The molecule has 1 aromatic heterocycles. The lowest BCUT2D eigenvalue weighted by Gasteiger charge is -2.25. The number of nitrogens with one attached hydrogen (secondary N) is 2. The van der Waals surface area contributed by atoms with Crippen molar-refractivity contribution in [2.24, 2.45) is 0 Å². The minimum atomic E-state index is -3.42. The van der Waals surface area contributed by atoms with E-state index < -0.39 is 10.0 Å². The van der Waals surface area contributed by atoms with Gasteiger partial charge in [0, 0.05) is 19.2 Å². The van der Waals surface area contributed by atoms with Crippen molar-refractivity contribution in [1.29, 1.82) is 0 Å². The largest absolute Gasteiger partial charge is 0.272 e. The molecule has 128 valence electrons. The van der Waals surface area contributed by atoms with Crippen molar-refractivity contribution in [3.8, 4) is 0 Å². The highest BCUT2D eigenvalue weighted by atomic mass is 32.2. The summed E-state index contributed by atoms with van der Waals surface area (Å²) in [7, 11) is -3.42. The van der Waals surface area contributed by atoms with Crippen LogP contribution in [0, 0.1) is 5.82 Å². The zero-order valence-electron chi connectivity index (χ0n) is 13.3. The van der Waals surface area contributed by atoms with Crippen molar-refractivity contribution in [1.82, 2.24) is 4.31 Å². The summed E-state index contributed by atoms with van der Waals surface area (Å²) in [5.74, 6) is 0.439. The Hall–Kier alpha value is -1.99. The van der Waals surface area contributed by atoms with Gasteiger partial charge in [-0.1, -0.05) is 18.6 Å². The second-order valence-electron chi connectivity index (χ2n) is 5.88. The Labute approximate surface area is 141 Å². The molecule has 1 saturated heterocycles. The molecule has 24 heavy (non-hydrogen) atoms. The Morgan fingerprint density at radius 1 is 1.04 bits per heavy atom. The summed E-state index contributed by atoms with van der Waals surface area (Å²) >= 11 is 0. The number of pyridine rings is 1. The van der Waals surface area contributed by atoms with E-state index in [4.69, 9.17) is 0 Å². The van der Waals surface area contributed by atoms with E-state index in [0.29, 0.717) is 25.5 Å². The van der Waals surface area contributed by atoms with Crippen molar-refractivity contribution in [3.05, 3.63) is 54.0 Å². The van der Waals surface area contributed by atoms with Gasteiger partial charge in [-0.2, -0.15) is 4.31 Å². The molecule has 2 aromatic rings. The molecule has 0 spiro atoms. The number of sulfonamides is 1. The second-order valence-corrected chi connectivity index (χ2v) is 7.82. The van der Waals surface area contributed by atoms with Crippen LogP contribution >= 0.6 is 0 Å². The first-order valence-electron chi connectivity index (χ1n) is 8.06. The van der Waals surface area contributed by atoms with E-state index in [9.17, 15) is 12.8 Å². The lowest BCUT2D eigenvalue weighted by Crippen LogP contribution is -2.36. The van der Waals surface area contributed by atoms with E-state index in [1.165, 1.54) is 18.3 Å². The molecular weight excluding hydrogens is 329 g/mol. The number of H-pyrrole nitrogens is 1. The van der Waals surface area contributed by atoms with E-state index in [0.717, 1.165) is 24.8 Å². The van der Waals surface area contributed by atoms with Gasteiger partial charge < -0.3 is 0 Å². The number of aromatic amines is 1. The van der Waals surface area contributed by atoms with E-state index >= 15 is 0 Å². The molecule has 0 saturated carbocycles. The first-order chi connectivity index (χ1) is 11.6. The van der Waals surface area contributed by atoms with Crippen LogP contribution in [-0.2, 0) is 16.6 Å². The lowest BCUT2D eigenvalue weighted by molar-refractivity contribution is -0.364. The molecule has 2 heterocycles. The fourth-order valence-electron chi connectivity index (χ4n) is 2.73. The van der Waals surface area contributed by atoms with Gasteiger partial charge in [0.25, 0.3) is 5.82 Å². The van der Waals surface area contributed by atoms with Crippen LogP contribution in [-0.4, -0.2) is 25.8 Å². The Morgan fingerprint density at radius 3 is 2.38 bits per heavy atom. The fourth-order valence-corrected chi connectivity index (χ4v) is 4.22. The predicted octanol–water partition coefficient (Wildman–Crippen LogP) is 2.43. The Balaban J connectivity index is 1.65. The zero-order chi connectivity index (χ0) is 17.0. The number of anilines is 1. The summed E-state index contributed by atoms with van der Waals surface area (Å²) in [6.45, 7) is 1.70. The van der Waals surface area contributed by atoms with Gasteiger partial charge in [-0.25, -0.2) is 17.8 Å². The highest BCUT2D eigenvalue weighted by Gasteiger charge is 2.26. The molecule has 5 nitrogen and oxygen atoms in total. The van der Waals surface area contributed by atoms with Gasteiger partial charge in [0.05, 0.1) is 0 Å². The highest BCUT2D eigenvalue weighted by Crippen LogP contribution is 2.19. The number of benzene rings is 1. The number of hydrogen-bond donors (Lipinski definition) is 1. The number of rotatable bonds is 5. The Morgan fingerprint density at radius 2 is 1.75 bits per heavy atom. The number of piperidine rings is 1. The molecule has 0 bridgehead atoms. The maximum atomic E-state index is 12.9. The molecule has 0 aliphatic carbocycles. The van der Waals surface area contributed by atoms with Gasteiger partial charge in [0.2, 0.25) is 10.0 Å². The smallest absolute Gasteiger partial charge is 0.270 e. The van der Waals surface area contributed by atoms with Crippen LogP contribution in [0.5, 0.6) is 0 Å². The SMILES string of the molecule is O=S(=O)(c1ccc(NCc2ccc(F)cc2)[nH+]c1)N1CCCCC1. The van der Waals surface area contributed by atoms with Crippen molar-refractivity contribution in [3.63, 3.8) is 0 Å². The van der Waals surface area contributed by atoms with Crippen LogP contribution in [0.25, 0.3) is 0 Å². The maximum Gasteiger partial charge on any atom is 0.272 e. The highest BCUT2D eigenvalue weighted by molar-refractivity contribution is 7.89. The summed E-state index contributed by atoms with van der Waals surface area (Å²) in [5.41, 5.74) is 0.940. The Bertz CT molecular complexity index is 770. The molecule has 7 heteroatoms.